The number of hydrogen-bond acceptors (Lipinski definition) is 8. The van der Waals surface area contributed by atoms with Gasteiger partial charge in [-0.2, -0.15) is 17.5 Å². The fourth-order valence-corrected chi connectivity index (χ4v) is 4.89. The van der Waals surface area contributed by atoms with Crippen LogP contribution in [0.25, 0.3) is 11.1 Å². The van der Waals surface area contributed by atoms with E-state index in [2.05, 4.69) is 15.5 Å². The molecule has 40 heavy (non-hydrogen) atoms. The summed E-state index contributed by atoms with van der Waals surface area (Å²) in [5, 5.41) is 4.73. The van der Waals surface area contributed by atoms with Crippen molar-refractivity contribution in [2.45, 2.75) is 55.9 Å². The van der Waals surface area contributed by atoms with E-state index in [0.717, 1.165) is 28.8 Å². The van der Waals surface area contributed by atoms with Gasteiger partial charge in [0, 0.05) is 11.2 Å². The number of hydrogen-bond donors (Lipinski definition) is 3. The molecule has 0 fully saturated rings. The van der Waals surface area contributed by atoms with E-state index in [0.29, 0.717) is 5.56 Å². The second kappa shape index (κ2) is 14.8. The Morgan fingerprint density at radius 2 is 1.55 bits per heavy atom. The number of carbonyl (C=O) groups is 2. The lowest BCUT2D eigenvalue weighted by Gasteiger charge is -2.29. The first-order chi connectivity index (χ1) is 18.6. The van der Waals surface area contributed by atoms with Crippen LogP contribution < -0.4 is 16.4 Å². The number of primary amides is 1. The maximum atomic E-state index is 14.2. The molecular weight excluding hydrogens is 571 g/mol. The third-order valence-electron chi connectivity index (χ3n) is 5.79. The molecule has 0 aliphatic carbocycles. The third kappa shape index (κ3) is 11.1. The van der Waals surface area contributed by atoms with Gasteiger partial charge in [0.05, 0.1) is 30.9 Å². The van der Waals surface area contributed by atoms with Crippen LogP contribution in [-0.2, 0) is 28.6 Å². The van der Waals surface area contributed by atoms with E-state index in [-0.39, 0.29) is 24.3 Å². The van der Waals surface area contributed by atoms with Crippen molar-refractivity contribution < 1.29 is 40.4 Å². The van der Waals surface area contributed by atoms with Crippen LogP contribution in [0, 0.1) is 5.92 Å². The molecule has 0 radical (unpaired) electrons. The third-order valence-corrected chi connectivity index (χ3v) is 7.43. The average Bonchev–Trinajstić information content (AvgIpc) is 2.86. The monoisotopic (exact) mass is 605 g/mol. The van der Waals surface area contributed by atoms with Gasteiger partial charge in [-0.1, -0.05) is 50.2 Å². The van der Waals surface area contributed by atoms with Gasteiger partial charge in [0.1, 0.15) is 21.9 Å². The molecule has 0 spiro atoms. The van der Waals surface area contributed by atoms with Crippen LogP contribution in [0.5, 0.6) is 0 Å². The summed E-state index contributed by atoms with van der Waals surface area (Å²) in [6.07, 6.45) is -4.07. The normalized spacial score (nSPS) is 14.5. The molecule has 0 aliphatic heterocycles. The number of halogens is 3. The first kappa shape index (κ1) is 33.6. The number of alkyl halides is 3. The zero-order valence-electron chi connectivity index (χ0n) is 22.5. The molecule has 4 N–H and O–H groups in total. The van der Waals surface area contributed by atoms with Crippen LogP contribution in [0.1, 0.15) is 38.3 Å². The fraction of sp³-hybridized carbons (Fsp3) is 0.462. The van der Waals surface area contributed by atoms with Crippen molar-refractivity contribution in [3.05, 3.63) is 54.1 Å². The number of sulfone groups is 1. The van der Waals surface area contributed by atoms with Crippen molar-refractivity contribution in [1.29, 1.82) is 0 Å². The predicted molar refractivity (Wildman–Crippen MR) is 146 cm³/mol. The van der Waals surface area contributed by atoms with Crippen molar-refractivity contribution >= 4 is 33.7 Å². The lowest BCUT2D eigenvalue weighted by molar-refractivity contribution is -0.161. The van der Waals surface area contributed by atoms with Crippen LogP contribution >= 0.6 is 12.0 Å². The summed E-state index contributed by atoms with van der Waals surface area (Å²) in [7, 11) is -2.09. The minimum Gasteiger partial charge on any atom is -0.368 e. The smallest absolute Gasteiger partial charge is 0.368 e. The maximum Gasteiger partial charge on any atom is 0.407 e. The van der Waals surface area contributed by atoms with Gasteiger partial charge in [-0.25, -0.2) is 13.3 Å². The van der Waals surface area contributed by atoms with Gasteiger partial charge in [-0.3, -0.25) is 14.9 Å². The molecule has 0 unspecified atom stereocenters. The quantitative estimate of drug-likeness (QED) is 0.158. The Morgan fingerprint density at radius 1 is 1.00 bits per heavy atom. The average molecular weight is 606 g/mol. The number of nitrogens with one attached hydrogen (secondary N) is 2. The van der Waals surface area contributed by atoms with Crippen LogP contribution in [0.2, 0.25) is 0 Å². The lowest BCUT2D eigenvalue weighted by Crippen LogP contribution is -2.54. The fourth-order valence-electron chi connectivity index (χ4n) is 3.84. The summed E-state index contributed by atoms with van der Waals surface area (Å²) in [5.41, 5.74) is 6.65. The van der Waals surface area contributed by atoms with E-state index in [9.17, 15) is 31.2 Å². The summed E-state index contributed by atoms with van der Waals surface area (Å²) >= 11 is 1.01. The minimum absolute atomic E-state index is 0.0190. The van der Waals surface area contributed by atoms with Gasteiger partial charge in [0.25, 0.3) is 0 Å². The van der Waals surface area contributed by atoms with Crippen molar-refractivity contribution in [2.75, 3.05) is 19.1 Å². The summed E-state index contributed by atoms with van der Waals surface area (Å²) in [4.78, 5) is 30.1. The molecule has 9 nitrogen and oxygen atoms in total. The highest BCUT2D eigenvalue weighted by molar-refractivity contribution is 7.94. The standard InChI is InChI=1S/C26H34F3N3O6S2/c1-16(2)15-22(25(34)32-21(24(30)33)13-14-40(4,35)36)31-23(26(27,28)29)19-7-5-17(6-8-19)18-9-11-20(12-10-18)39-38-37-3/h5-12,16,21-23,31H,13-15H2,1-4H3,(H2,30,33)(H,32,34)/t21-,22-,23-/m0/s1. The molecule has 0 aromatic heterocycles. The van der Waals surface area contributed by atoms with Gasteiger partial charge in [0.15, 0.2) is 0 Å². The lowest BCUT2D eigenvalue weighted by atomic mass is 9.97. The molecule has 0 saturated carbocycles. The minimum atomic E-state index is -4.75. The molecule has 222 valence electrons. The van der Waals surface area contributed by atoms with Crippen molar-refractivity contribution in [3.63, 3.8) is 0 Å². The Labute approximate surface area is 236 Å². The van der Waals surface area contributed by atoms with E-state index in [1.54, 1.807) is 50.2 Å². The molecule has 0 aliphatic rings. The first-order valence-electron chi connectivity index (χ1n) is 12.3. The molecule has 0 bridgehead atoms. The largest absolute Gasteiger partial charge is 0.407 e. The molecule has 0 saturated heterocycles. The first-order valence-corrected chi connectivity index (χ1v) is 15.1. The second-order valence-electron chi connectivity index (χ2n) is 9.67. The molecule has 3 atom stereocenters. The topological polar surface area (TPSA) is 137 Å². The Bertz CT molecular complexity index is 1220. The van der Waals surface area contributed by atoms with E-state index in [1.807, 2.05) is 0 Å². The summed E-state index contributed by atoms with van der Waals surface area (Å²) in [5.74, 6) is -2.48. The maximum absolute atomic E-state index is 14.2. The van der Waals surface area contributed by atoms with Crippen LogP contribution in [0.4, 0.5) is 13.2 Å². The Balaban J connectivity index is 2.27. The second-order valence-corrected chi connectivity index (χ2v) is 12.7. The number of rotatable bonds is 15. The molecule has 2 aromatic rings. The number of amides is 2. The predicted octanol–water partition coefficient (Wildman–Crippen LogP) is 3.95. The molecule has 2 aromatic carbocycles. The molecular formula is C26H34F3N3O6S2. The van der Waals surface area contributed by atoms with E-state index < -0.39 is 51.7 Å². The summed E-state index contributed by atoms with van der Waals surface area (Å²) in [6.45, 7) is 3.47. The SMILES string of the molecule is COOSc1ccc(-c2ccc([C@H](N[C@@H](CC(C)C)C(=O)N[C@@H](CCS(C)(=O)=O)C(N)=O)C(F)(F)F)cc2)cc1. The molecule has 2 rings (SSSR count). The Morgan fingerprint density at radius 3 is 2.00 bits per heavy atom. The summed E-state index contributed by atoms with van der Waals surface area (Å²) in [6, 6.07) is 8.01. The highest BCUT2D eigenvalue weighted by Gasteiger charge is 2.43. The highest BCUT2D eigenvalue weighted by Crippen LogP contribution is 2.35. The van der Waals surface area contributed by atoms with Crippen molar-refractivity contribution in [2.24, 2.45) is 11.7 Å². The molecule has 14 heteroatoms. The van der Waals surface area contributed by atoms with Crippen molar-refractivity contribution in [3.8, 4) is 11.1 Å². The van der Waals surface area contributed by atoms with Gasteiger partial charge in [0.2, 0.25) is 11.8 Å². The van der Waals surface area contributed by atoms with Crippen LogP contribution in [0.15, 0.2) is 53.4 Å². The van der Waals surface area contributed by atoms with Gasteiger partial charge in [-0.15, -0.1) is 0 Å². The van der Waals surface area contributed by atoms with E-state index in [1.165, 1.54) is 19.2 Å². The van der Waals surface area contributed by atoms with Gasteiger partial charge >= 0.3 is 6.18 Å². The number of benzene rings is 2. The van der Waals surface area contributed by atoms with Gasteiger partial charge in [-0.05, 0) is 47.6 Å². The number of nitrogens with two attached hydrogens (primary N) is 1. The van der Waals surface area contributed by atoms with Gasteiger partial charge < -0.3 is 11.1 Å². The van der Waals surface area contributed by atoms with Crippen molar-refractivity contribution in [1.82, 2.24) is 10.6 Å². The van der Waals surface area contributed by atoms with E-state index >= 15 is 0 Å². The van der Waals surface area contributed by atoms with Crippen LogP contribution in [-0.4, -0.2) is 57.6 Å². The highest BCUT2D eigenvalue weighted by atomic mass is 32.2. The molecule has 2 amide bonds. The molecule has 0 heterocycles. The van der Waals surface area contributed by atoms with E-state index in [4.69, 9.17) is 10.1 Å². The van der Waals surface area contributed by atoms with Crippen LogP contribution in [0.3, 0.4) is 0 Å². The summed E-state index contributed by atoms with van der Waals surface area (Å²) < 4.78 is 70.4. The Kier molecular flexibility index (Phi) is 12.4. The zero-order valence-corrected chi connectivity index (χ0v) is 24.2. The Hall–Kier alpha value is -2.65. The zero-order chi connectivity index (χ0) is 30.1. The number of carbonyl (C=O) groups excluding carboxylic acids is 2.